The SMILES string of the molecule is Fc1ccc(Oc2ncc(CCl)c3ccccc23)c(F)c1. The maximum atomic E-state index is 13.7. The van der Waals surface area contributed by atoms with E-state index in [-0.39, 0.29) is 11.6 Å². The molecule has 0 fully saturated rings. The van der Waals surface area contributed by atoms with E-state index in [1.165, 1.54) is 6.07 Å². The van der Waals surface area contributed by atoms with Crippen molar-refractivity contribution in [2.75, 3.05) is 0 Å². The van der Waals surface area contributed by atoms with E-state index in [4.69, 9.17) is 16.3 Å². The molecule has 106 valence electrons. The van der Waals surface area contributed by atoms with Crippen molar-refractivity contribution >= 4 is 22.4 Å². The maximum Gasteiger partial charge on any atom is 0.227 e. The average Bonchev–Trinajstić information content (AvgIpc) is 2.50. The number of ether oxygens (including phenoxy) is 1. The summed E-state index contributed by atoms with van der Waals surface area (Å²) in [5.41, 5.74) is 0.860. The van der Waals surface area contributed by atoms with E-state index in [0.29, 0.717) is 5.88 Å². The Morgan fingerprint density at radius 2 is 1.81 bits per heavy atom. The van der Waals surface area contributed by atoms with Crippen LogP contribution in [0.25, 0.3) is 10.8 Å². The molecule has 0 spiro atoms. The zero-order valence-electron chi connectivity index (χ0n) is 10.8. The lowest BCUT2D eigenvalue weighted by Gasteiger charge is -2.10. The van der Waals surface area contributed by atoms with Crippen LogP contribution in [-0.2, 0) is 5.88 Å². The molecule has 0 amide bonds. The van der Waals surface area contributed by atoms with E-state index in [0.717, 1.165) is 28.5 Å². The highest BCUT2D eigenvalue weighted by Crippen LogP contribution is 2.31. The minimum absolute atomic E-state index is 0.0762. The number of halogens is 3. The van der Waals surface area contributed by atoms with Crippen molar-refractivity contribution in [3.05, 3.63) is 65.9 Å². The van der Waals surface area contributed by atoms with Crippen LogP contribution >= 0.6 is 11.6 Å². The Morgan fingerprint density at radius 3 is 2.52 bits per heavy atom. The summed E-state index contributed by atoms with van der Waals surface area (Å²) in [5, 5.41) is 1.61. The van der Waals surface area contributed by atoms with Crippen LogP contribution < -0.4 is 4.74 Å². The second-order valence-corrected chi connectivity index (χ2v) is 4.71. The number of pyridine rings is 1. The fourth-order valence-electron chi connectivity index (χ4n) is 2.08. The molecule has 0 atom stereocenters. The first kappa shape index (κ1) is 13.8. The third-order valence-electron chi connectivity index (χ3n) is 3.09. The number of hydrogen-bond donors (Lipinski definition) is 0. The van der Waals surface area contributed by atoms with Gasteiger partial charge in [0.25, 0.3) is 0 Å². The van der Waals surface area contributed by atoms with Gasteiger partial charge in [0.05, 0.1) is 0 Å². The fraction of sp³-hybridized carbons (Fsp3) is 0.0625. The highest BCUT2D eigenvalue weighted by Gasteiger charge is 2.11. The van der Waals surface area contributed by atoms with Gasteiger partial charge in [-0.05, 0) is 29.1 Å². The lowest BCUT2D eigenvalue weighted by Crippen LogP contribution is -1.94. The molecule has 0 bridgehead atoms. The predicted molar refractivity (Wildman–Crippen MR) is 77.7 cm³/mol. The third kappa shape index (κ3) is 2.67. The predicted octanol–water partition coefficient (Wildman–Crippen LogP) is 5.04. The standard InChI is InChI=1S/C16H10ClF2NO/c17-8-10-9-20-16(13-4-2-1-3-12(10)13)21-15-6-5-11(18)7-14(15)19/h1-7,9H,8H2. The van der Waals surface area contributed by atoms with Gasteiger partial charge in [0.1, 0.15) is 5.82 Å². The van der Waals surface area contributed by atoms with E-state index in [2.05, 4.69) is 4.98 Å². The van der Waals surface area contributed by atoms with E-state index in [1.807, 2.05) is 24.3 Å². The summed E-state index contributed by atoms with van der Waals surface area (Å²) in [7, 11) is 0. The van der Waals surface area contributed by atoms with Crippen LogP contribution in [0, 0.1) is 11.6 Å². The number of fused-ring (bicyclic) bond motifs is 1. The highest BCUT2D eigenvalue weighted by atomic mass is 35.5. The van der Waals surface area contributed by atoms with Gasteiger partial charge in [-0.15, -0.1) is 11.6 Å². The Morgan fingerprint density at radius 1 is 1.05 bits per heavy atom. The average molecular weight is 306 g/mol. The summed E-state index contributed by atoms with van der Waals surface area (Å²) in [5.74, 6) is -0.936. The van der Waals surface area contributed by atoms with Crippen LogP contribution in [0.15, 0.2) is 48.7 Å². The first-order valence-corrected chi connectivity index (χ1v) is 6.78. The highest BCUT2D eigenvalue weighted by molar-refractivity contribution is 6.18. The molecule has 0 radical (unpaired) electrons. The largest absolute Gasteiger partial charge is 0.435 e. The molecule has 1 heterocycles. The van der Waals surface area contributed by atoms with Crippen LogP contribution in [0.5, 0.6) is 11.6 Å². The number of hydrogen-bond acceptors (Lipinski definition) is 2. The van der Waals surface area contributed by atoms with Crippen molar-refractivity contribution in [3.63, 3.8) is 0 Å². The van der Waals surface area contributed by atoms with Crippen molar-refractivity contribution in [2.45, 2.75) is 5.88 Å². The molecule has 3 aromatic rings. The van der Waals surface area contributed by atoms with Crippen molar-refractivity contribution in [3.8, 4) is 11.6 Å². The summed E-state index contributed by atoms with van der Waals surface area (Å²) in [4.78, 5) is 4.17. The molecule has 0 saturated heterocycles. The van der Waals surface area contributed by atoms with Crippen LogP contribution in [0.2, 0.25) is 0 Å². The lowest BCUT2D eigenvalue weighted by molar-refractivity contribution is 0.428. The number of nitrogens with zero attached hydrogens (tertiary/aromatic N) is 1. The third-order valence-corrected chi connectivity index (χ3v) is 3.37. The van der Waals surface area contributed by atoms with Crippen molar-refractivity contribution in [1.29, 1.82) is 0 Å². The molecule has 0 aliphatic rings. The van der Waals surface area contributed by atoms with E-state index >= 15 is 0 Å². The van der Waals surface area contributed by atoms with Gasteiger partial charge in [-0.1, -0.05) is 18.2 Å². The van der Waals surface area contributed by atoms with Crippen molar-refractivity contribution in [2.24, 2.45) is 0 Å². The number of rotatable bonds is 3. The molecule has 2 nitrogen and oxygen atoms in total. The van der Waals surface area contributed by atoms with Gasteiger partial charge >= 0.3 is 0 Å². The Labute approximate surface area is 125 Å². The van der Waals surface area contributed by atoms with Gasteiger partial charge in [0.2, 0.25) is 5.88 Å². The zero-order chi connectivity index (χ0) is 14.8. The molecule has 0 saturated carbocycles. The Kier molecular flexibility index (Phi) is 3.71. The molecule has 2 aromatic carbocycles. The second kappa shape index (κ2) is 5.66. The molecule has 1 aromatic heterocycles. The summed E-state index contributed by atoms with van der Waals surface area (Å²) in [6.45, 7) is 0. The van der Waals surface area contributed by atoms with Gasteiger partial charge < -0.3 is 4.74 Å². The van der Waals surface area contributed by atoms with Crippen molar-refractivity contribution in [1.82, 2.24) is 4.98 Å². The van der Waals surface area contributed by atoms with Gasteiger partial charge in [0.15, 0.2) is 11.6 Å². The molecule has 0 aliphatic carbocycles. The first-order valence-electron chi connectivity index (χ1n) is 6.24. The number of alkyl halides is 1. The molecular weight excluding hydrogens is 296 g/mol. The fourth-order valence-corrected chi connectivity index (χ4v) is 2.29. The van der Waals surface area contributed by atoms with Crippen molar-refractivity contribution < 1.29 is 13.5 Å². The monoisotopic (exact) mass is 305 g/mol. The Bertz CT molecular complexity index is 807. The lowest BCUT2D eigenvalue weighted by atomic mass is 10.1. The molecule has 21 heavy (non-hydrogen) atoms. The van der Waals surface area contributed by atoms with Crippen LogP contribution in [0.4, 0.5) is 8.78 Å². The topological polar surface area (TPSA) is 22.1 Å². The number of benzene rings is 2. The zero-order valence-corrected chi connectivity index (χ0v) is 11.6. The normalized spacial score (nSPS) is 10.8. The minimum Gasteiger partial charge on any atom is -0.435 e. The smallest absolute Gasteiger partial charge is 0.227 e. The van der Waals surface area contributed by atoms with E-state index in [1.54, 1.807) is 6.20 Å². The van der Waals surface area contributed by atoms with Crippen LogP contribution in [0.1, 0.15) is 5.56 Å². The molecule has 3 rings (SSSR count). The maximum absolute atomic E-state index is 13.7. The second-order valence-electron chi connectivity index (χ2n) is 4.44. The molecule has 0 aliphatic heterocycles. The first-order chi connectivity index (χ1) is 10.2. The Balaban J connectivity index is 2.09. The minimum atomic E-state index is -0.776. The van der Waals surface area contributed by atoms with Gasteiger partial charge in [0, 0.05) is 23.5 Å². The summed E-state index contributed by atoms with van der Waals surface area (Å²) in [6, 6.07) is 10.5. The summed E-state index contributed by atoms with van der Waals surface area (Å²) < 4.78 is 32.1. The van der Waals surface area contributed by atoms with Crippen LogP contribution in [0.3, 0.4) is 0 Å². The van der Waals surface area contributed by atoms with Crippen LogP contribution in [-0.4, -0.2) is 4.98 Å². The Hall–Kier alpha value is -2.20. The van der Waals surface area contributed by atoms with E-state index in [9.17, 15) is 8.78 Å². The van der Waals surface area contributed by atoms with Gasteiger partial charge in [-0.2, -0.15) is 0 Å². The van der Waals surface area contributed by atoms with Gasteiger partial charge in [-0.25, -0.2) is 13.8 Å². The molecular formula is C16H10ClF2NO. The molecule has 5 heteroatoms. The summed E-state index contributed by atoms with van der Waals surface area (Å²) >= 11 is 5.88. The molecule has 0 N–H and O–H groups in total. The van der Waals surface area contributed by atoms with Gasteiger partial charge in [-0.3, -0.25) is 0 Å². The number of aromatic nitrogens is 1. The summed E-state index contributed by atoms with van der Waals surface area (Å²) in [6.07, 6.45) is 1.59. The quantitative estimate of drug-likeness (QED) is 0.632. The van der Waals surface area contributed by atoms with E-state index < -0.39 is 11.6 Å². The molecule has 0 unspecified atom stereocenters.